The van der Waals surface area contributed by atoms with Gasteiger partial charge in [-0.1, -0.05) is 35.3 Å². The van der Waals surface area contributed by atoms with E-state index in [2.05, 4.69) is 0 Å². The van der Waals surface area contributed by atoms with Gasteiger partial charge in [0.1, 0.15) is 0 Å². The Morgan fingerprint density at radius 1 is 1.20 bits per heavy atom. The smallest absolute Gasteiger partial charge is 0.253 e. The average Bonchev–Trinajstić information content (AvgIpc) is 3.11. The molecule has 0 radical (unpaired) electrons. The van der Waals surface area contributed by atoms with Crippen LogP contribution in [0, 0.1) is 5.92 Å². The van der Waals surface area contributed by atoms with Gasteiger partial charge in [0, 0.05) is 34.3 Å². The number of nitrogens with two attached hydrogens (primary N) is 1. The molecule has 2 aromatic rings. The zero-order valence-electron chi connectivity index (χ0n) is 13.8. The highest BCUT2D eigenvalue weighted by atomic mass is 35.5. The minimum Gasteiger partial charge on any atom is -0.338 e. The number of hydrogen-bond acceptors (Lipinski definition) is 3. The summed E-state index contributed by atoms with van der Waals surface area (Å²) in [4.78, 5) is 15.4. The second-order valence-electron chi connectivity index (χ2n) is 6.20. The molecule has 2 N–H and O–H groups in total. The second-order valence-corrected chi connectivity index (χ2v) is 8.06. The molecule has 0 aromatic heterocycles. The molecule has 1 atom stereocenters. The van der Waals surface area contributed by atoms with Crippen LogP contribution in [0.3, 0.4) is 0 Å². The van der Waals surface area contributed by atoms with Crippen molar-refractivity contribution in [3.8, 4) is 0 Å². The molecule has 1 fully saturated rings. The Bertz CT molecular complexity index is 752. The van der Waals surface area contributed by atoms with Crippen LogP contribution in [-0.4, -0.2) is 30.4 Å². The summed E-state index contributed by atoms with van der Waals surface area (Å²) >= 11 is 13.8. The second kappa shape index (κ2) is 8.45. The fourth-order valence-electron chi connectivity index (χ4n) is 2.88. The molecule has 132 valence electrons. The number of carbonyl (C=O) groups is 1. The zero-order chi connectivity index (χ0) is 17.8. The first kappa shape index (κ1) is 18.6. The van der Waals surface area contributed by atoms with Gasteiger partial charge in [-0.15, -0.1) is 11.8 Å². The summed E-state index contributed by atoms with van der Waals surface area (Å²) in [5.74, 6) is 1.29. The molecule has 1 amide bonds. The summed E-state index contributed by atoms with van der Waals surface area (Å²) in [5.41, 5.74) is 7.56. The number of benzene rings is 2. The molecule has 1 aliphatic heterocycles. The molecule has 1 aliphatic rings. The van der Waals surface area contributed by atoms with Gasteiger partial charge in [0.05, 0.1) is 5.02 Å². The summed E-state index contributed by atoms with van der Waals surface area (Å²) in [6.45, 7) is 2.21. The van der Waals surface area contributed by atoms with Crippen molar-refractivity contribution in [2.24, 2.45) is 11.7 Å². The standard InChI is InChI=1S/C19H20Cl2N2OS/c20-16-5-6-17(21)18(9-16)25-12-13-1-3-15(4-2-13)19(24)23-8-7-14(10-22)11-23/h1-6,9,14H,7-8,10-12,22H2. The van der Waals surface area contributed by atoms with E-state index in [1.807, 2.05) is 35.2 Å². The maximum absolute atomic E-state index is 12.5. The lowest BCUT2D eigenvalue weighted by Crippen LogP contribution is -2.29. The number of thioether (sulfide) groups is 1. The largest absolute Gasteiger partial charge is 0.338 e. The van der Waals surface area contributed by atoms with Gasteiger partial charge in [0.15, 0.2) is 0 Å². The molecule has 6 heteroatoms. The molecule has 3 rings (SSSR count). The third-order valence-corrected chi connectivity index (χ3v) is 6.20. The van der Waals surface area contributed by atoms with Gasteiger partial charge in [-0.2, -0.15) is 0 Å². The highest BCUT2D eigenvalue weighted by Crippen LogP contribution is 2.32. The van der Waals surface area contributed by atoms with Crippen molar-refractivity contribution in [2.75, 3.05) is 19.6 Å². The van der Waals surface area contributed by atoms with E-state index in [9.17, 15) is 4.79 Å². The molecule has 0 spiro atoms. The maximum Gasteiger partial charge on any atom is 0.253 e. The molecule has 1 heterocycles. The summed E-state index contributed by atoms with van der Waals surface area (Å²) in [7, 11) is 0. The lowest BCUT2D eigenvalue weighted by Gasteiger charge is -2.16. The van der Waals surface area contributed by atoms with E-state index in [0.717, 1.165) is 41.3 Å². The number of rotatable bonds is 5. The number of likely N-dealkylation sites (tertiary alicyclic amines) is 1. The predicted octanol–water partition coefficient (Wildman–Crippen LogP) is 4.71. The van der Waals surface area contributed by atoms with Gasteiger partial charge < -0.3 is 10.6 Å². The molecule has 1 unspecified atom stereocenters. The molecule has 0 saturated carbocycles. The minimum absolute atomic E-state index is 0.0908. The highest BCUT2D eigenvalue weighted by Gasteiger charge is 2.25. The van der Waals surface area contributed by atoms with Crippen LogP contribution >= 0.6 is 35.0 Å². The fourth-order valence-corrected chi connectivity index (χ4v) is 4.33. The summed E-state index contributed by atoms with van der Waals surface area (Å²) in [5, 5.41) is 1.37. The molecule has 2 aromatic carbocycles. The summed E-state index contributed by atoms with van der Waals surface area (Å²) in [6, 6.07) is 13.2. The first-order chi connectivity index (χ1) is 12.1. The summed E-state index contributed by atoms with van der Waals surface area (Å²) in [6.07, 6.45) is 0.997. The Labute approximate surface area is 162 Å². The third kappa shape index (κ3) is 4.70. The van der Waals surface area contributed by atoms with Crippen molar-refractivity contribution in [3.63, 3.8) is 0 Å². The van der Waals surface area contributed by atoms with Crippen molar-refractivity contribution in [1.82, 2.24) is 4.90 Å². The molecular formula is C19H20Cl2N2OS. The van der Waals surface area contributed by atoms with Crippen LogP contribution in [0.5, 0.6) is 0 Å². The molecule has 25 heavy (non-hydrogen) atoms. The first-order valence-corrected chi connectivity index (χ1v) is 9.97. The third-order valence-electron chi connectivity index (χ3n) is 4.39. The van der Waals surface area contributed by atoms with Crippen molar-refractivity contribution in [2.45, 2.75) is 17.1 Å². The van der Waals surface area contributed by atoms with Crippen LogP contribution in [0.1, 0.15) is 22.3 Å². The van der Waals surface area contributed by atoms with Gasteiger partial charge >= 0.3 is 0 Å². The van der Waals surface area contributed by atoms with E-state index in [1.165, 1.54) is 0 Å². The monoisotopic (exact) mass is 394 g/mol. The molecular weight excluding hydrogens is 375 g/mol. The predicted molar refractivity (Wildman–Crippen MR) is 106 cm³/mol. The highest BCUT2D eigenvalue weighted by molar-refractivity contribution is 7.98. The van der Waals surface area contributed by atoms with E-state index < -0.39 is 0 Å². The Hall–Kier alpha value is -1.20. The van der Waals surface area contributed by atoms with Crippen LogP contribution in [0.25, 0.3) is 0 Å². The van der Waals surface area contributed by atoms with Gasteiger partial charge in [0.25, 0.3) is 5.91 Å². The van der Waals surface area contributed by atoms with Crippen LogP contribution < -0.4 is 5.73 Å². The van der Waals surface area contributed by atoms with E-state index in [-0.39, 0.29) is 5.91 Å². The van der Waals surface area contributed by atoms with Gasteiger partial charge in [-0.3, -0.25) is 4.79 Å². The maximum atomic E-state index is 12.5. The van der Waals surface area contributed by atoms with Crippen molar-refractivity contribution in [1.29, 1.82) is 0 Å². The Balaban J connectivity index is 1.60. The van der Waals surface area contributed by atoms with E-state index in [1.54, 1.807) is 23.9 Å². The molecule has 3 nitrogen and oxygen atoms in total. The van der Waals surface area contributed by atoms with E-state index in [4.69, 9.17) is 28.9 Å². The van der Waals surface area contributed by atoms with Crippen LogP contribution in [-0.2, 0) is 5.75 Å². The van der Waals surface area contributed by atoms with Crippen LogP contribution in [0.4, 0.5) is 0 Å². The Morgan fingerprint density at radius 2 is 1.96 bits per heavy atom. The number of nitrogens with zero attached hydrogens (tertiary/aromatic N) is 1. The molecule has 1 saturated heterocycles. The minimum atomic E-state index is 0.0908. The van der Waals surface area contributed by atoms with Crippen molar-refractivity contribution >= 4 is 40.9 Å². The normalized spacial score (nSPS) is 17.1. The fraction of sp³-hybridized carbons (Fsp3) is 0.316. The van der Waals surface area contributed by atoms with Crippen LogP contribution in [0.15, 0.2) is 47.4 Å². The number of halogens is 2. The van der Waals surface area contributed by atoms with Gasteiger partial charge in [-0.25, -0.2) is 0 Å². The lowest BCUT2D eigenvalue weighted by molar-refractivity contribution is 0.0787. The zero-order valence-corrected chi connectivity index (χ0v) is 16.1. The Kier molecular flexibility index (Phi) is 6.29. The molecule has 0 bridgehead atoms. The SMILES string of the molecule is NCC1CCN(C(=O)c2ccc(CSc3cc(Cl)ccc3Cl)cc2)C1. The van der Waals surface area contributed by atoms with Gasteiger partial charge in [-0.05, 0) is 54.8 Å². The number of hydrogen-bond donors (Lipinski definition) is 1. The first-order valence-electron chi connectivity index (χ1n) is 8.23. The topological polar surface area (TPSA) is 46.3 Å². The lowest BCUT2D eigenvalue weighted by atomic mass is 10.1. The van der Waals surface area contributed by atoms with Gasteiger partial charge in [0.2, 0.25) is 0 Å². The summed E-state index contributed by atoms with van der Waals surface area (Å²) < 4.78 is 0. The van der Waals surface area contributed by atoms with Crippen LogP contribution in [0.2, 0.25) is 10.0 Å². The quantitative estimate of drug-likeness (QED) is 0.746. The average molecular weight is 395 g/mol. The van der Waals surface area contributed by atoms with Crippen molar-refractivity contribution in [3.05, 3.63) is 63.6 Å². The van der Waals surface area contributed by atoms with E-state index >= 15 is 0 Å². The van der Waals surface area contributed by atoms with E-state index in [0.29, 0.717) is 22.5 Å². The number of carbonyl (C=O) groups excluding carboxylic acids is 1. The Morgan fingerprint density at radius 3 is 2.64 bits per heavy atom. The molecule has 0 aliphatic carbocycles. The van der Waals surface area contributed by atoms with Crippen molar-refractivity contribution < 1.29 is 4.79 Å². The number of amides is 1.